The highest BCUT2D eigenvalue weighted by Gasteiger charge is 2.04. The van der Waals surface area contributed by atoms with Gasteiger partial charge in [-0.1, -0.05) is 0 Å². The molecule has 0 heterocycles. The van der Waals surface area contributed by atoms with Crippen LogP contribution in [0.5, 0.6) is 5.75 Å². The zero-order chi connectivity index (χ0) is 15.0. The standard InChI is InChI=1S/C13H19F2N3O2.HI/c1-9(8-19-2)18-13(16)17-5-6-20-12-4-3-10(14)7-11(12)15;/h3-4,7,9H,5-6,8H2,1-2H3,(H3,16,17,18);1H. The van der Waals surface area contributed by atoms with Crippen molar-refractivity contribution in [2.24, 2.45) is 10.7 Å². The van der Waals surface area contributed by atoms with E-state index in [0.29, 0.717) is 6.61 Å². The van der Waals surface area contributed by atoms with Gasteiger partial charge in [0.25, 0.3) is 0 Å². The predicted molar refractivity (Wildman–Crippen MR) is 88.2 cm³/mol. The Balaban J connectivity index is 0.00000400. The number of aliphatic imine (C=N–C) groups is 1. The van der Waals surface area contributed by atoms with E-state index in [-0.39, 0.29) is 54.9 Å². The van der Waals surface area contributed by atoms with Gasteiger partial charge in [-0.3, -0.25) is 0 Å². The summed E-state index contributed by atoms with van der Waals surface area (Å²) in [5.41, 5.74) is 5.64. The topological polar surface area (TPSA) is 68.9 Å². The molecule has 1 rings (SSSR count). The van der Waals surface area contributed by atoms with Crippen LogP contribution in [0.4, 0.5) is 8.78 Å². The Morgan fingerprint density at radius 2 is 2.14 bits per heavy atom. The first-order chi connectivity index (χ1) is 9.52. The molecule has 0 bridgehead atoms. The van der Waals surface area contributed by atoms with Crippen LogP contribution in [-0.2, 0) is 4.74 Å². The number of halogens is 3. The number of ether oxygens (including phenoxy) is 2. The van der Waals surface area contributed by atoms with Crippen molar-refractivity contribution >= 4 is 29.9 Å². The summed E-state index contributed by atoms with van der Waals surface area (Å²) in [6.45, 7) is 2.81. The smallest absolute Gasteiger partial charge is 0.188 e. The van der Waals surface area contributed by atoms with Crippen LogP contribution in [0.15, 0.2) is 23.2 Å². The van der Waals surface area contributed by atoms with Crippen LogP contribution in [0.25, 0.3) is 0 Å². The monoisotopic (exact) mass is 415 g/mol. The Kier molecular flexibility index (Phi) is 9.97. The fourth-order valence-electron chi connectivity index (χ4n) is 1.50. The van der Waals surface area contributed by atoms with E-state index >= 15 is 0 Å². The first kappa shape index (κ1) is 19.8. The predicted octanol–water partition coefficient (Wildman–Crippen LogP) is 1.90. The zero-order valence-electron chi connectivity index (χ0n) is 11.9. The van der Waals surface area contributed by atoms with Crippen LogP contribution in [0.2, 0.25) is 0 Å². The maximum atomic E-state index is 13.2. The molecule has 0 fully saturated rings. The maximum absolute atomic E-state index is 13.2. The maximum Gasteiger partial charge on any atom is 0.188 e. The fourth-order valence-corrected chi connectivity index (χ4v) is 1.50. The Morgan fingerprint density at radius 3 is 2.76 bits per heavy atom. The van der Waals surface area contributed by atoms with Crippen LogP contribution in [0, 0.1) is 11.6 Å². The molecule has 21 heavy (non-hydrogen) atoms. The molecular weight excluding hydrogens is 395 g/mol. The van der Waals surface area contributed by atoms with E-state index in [4.69, 9.17) is 15.2 Å². The minimum Gasteiger partial charge on any atom is -0.489 e. The summed E-state index contributed by atoms with van der Waals surface area (Å²) >= 11 is 0. The second kappa shape index (κ2) is 10.6. The van der Waals surface area contributed by atoms with Crippen LogP contribution in [0.3, 0.4) is 0 Å². The first-order valence-electron chi connectivity index (χ1n) is 6.16. The molecule has 0 aromatic heterocycles. The van der Waals surface area contributed by atoms with E-state index in [1.54, 1.807) is 7.11 Å². The summed E-state index contributed by atoms with van der Waals surface area (Å²) in [5, 5.41) is 2.92. The SMILES string of the molecule is COCC(C)NC(N)=NCCOc1ccc(F)cc1F.I. The van der Waals surface area contributed by atoms with E-state index in [9.17, 15) is 8.78 Å². The number of nitrogens with one attached hydrogen (secondary N) is 1. The molecule has 0 aliphatic carbocycles. The molecule has 0 amide bonds. The third kappa shape index (κ3) is 8.00. The third-order valence-electron chi connectivity index (χ3n) is 2.34. The highest BCUT2D eigenvalue weighted by molar-refractivity contribution is 14.0. The van der Waals surface area contributed by atoms with E-state index in [2.05, 4.69) is 10.3 Å². The molecule has 1 aromatic carbocycles. The molecule has 0 spiro atoms. The highest BCUT2D eigenvalue weighted by atomic mass is 127. The van der Waals surface area contributed by atoms with Gasteiger partial charge in [0.2, 0.25) is 0 Å². The van der Waals surface area contributed by atoms with Gasteiger partial charge < -0.3 is 20.5 Å². The molecular formula is C13H20F2IN3O2. The number of hydrogen-bond donors (Lipinski definition) is 2. The van der Waals surface area contributed by atoms with Crippen LogP contribution < -0.4 is 15.8 Å². The van der Waals surface area contributed by atoms with Crippen molar-refractivity contribution in [2.45, 2.75) is 13.0 Å². The first-order valence-corrected chi connectivity index (χ1v) is 6.16. The minimum absolute atomic E-state index is 0. The lowest BCUT2D eigenvalue weighted by Crippen LogP contribution is -2.40. The van der Waals surface area contributed by atoms with Crippen LogP contribution in [-0.4, -0.2) is 38.9 Å². The van der Waals surface area contributed by atoms with Gasteiger partial charge in [0, 0.05) is 19.2 Å². The average Bonchev–Trinajstić information content (AvgIpc) is 2.36. The molecule has 0 aliphatic rings. The molecule has 120 valence electrons. The Labute approximate surface area is 139 Å². The Hall–Kier alpha value is -1.16. The van der Waals surface area contributed by atoms with Gasteiger partial charge in [-0.15, -0.1) is 24.0 Å². The summed E-state index contributed by atoms with van der Waals surface area (Å²) in [6.07, 6.45) is 0. The molecule has 3 N–H and O–H groups in total. The van der Waals surface area contributed by atoms with Crippen molar-refractivity contribution in [1.29, 1.82) is 0 Å². The summed E-state index contributed by atoms with van der Waals surface area (Å²) in [4.78, 5) is 4.01. The van der Waals surface area contributed by atoms with Gasteiger partial charge >= 0.3 is 0 Å². The molecule has 0 radical (unpaired) electrons. The van der Waals surface area contributed by atoms with Crippen molar-refractivity contribution in [3.63, 3.8) is 0 Å². The van der Waals surface area contributed by atoms with Gasteiger partial charge in [0.1, 0.15) is 12.4 Å². The lowest BCUT2D eigenvalue weighted by atomic mass is 10.3. The fraction of sp³-hybridized carbons (Fsp3) is 0.462. The van der Waals surface area contributed by atoms with Crippen molar-refractivity contribution in [3.05, 3.63) is 29.8 Å². The van der Waals surface area contributed by atoms with Crippen molar-refractivity contribution in [1.82, 2.24) is 5.32 Å². The quantitative estimate of drug-likeness (QED) is 0.309. The molecule has 0 aliphatic heterocycles. The van der Waals surface area contributed by atoms with Gasteiger partial charge in [-0.2, -0.15) is 0 Å². The van der Waals surface area contributed by atoms with E-state index < -0.39 is 11.6 Å². The van der Waals surface area contributed by atoms with Gasteiger partial charge in [0.15, 0.2) is 17.5 Å². The Morgan fingerprint density at radius 1 is 1.43 bits per heavy atom. The van der Waals surface area contributed by atoms with E-state index in [1.807, 2.05) is 6.92 Å². The lowest BCUT2D eigenvalue weighted by molar-refractivity contribution is 0.179. The number of rotatable bonds is 7. The molecule has 1 atom stereocenters. The van der Waals surface area contributed by atoms with E-state index in [0.717, 1.165) is 12.1 Å². The summed E-state index contributed by atoms with van der Waals surface area (Å²) in [6, 6.07) is 3.17. The molecule has 0 saturated heterocycles. The third-order valence-corrected chi connectivity index (χ3v) is 2.34. The van der Waals surface area contributed by atoms with E-state index in [1.165, 1.54) is 6.07 Å². The molecule has 1 unspecified atom stereocenters. The van der Waals surface area contributed by atoms with Crippen molar-refractivity contribution < 1.29 is 18.3 Å². The van der Waals surface area contributed by atoms with Crippen LogP contribution >= 0.6 is 24.0 Å². The zero-order valence-corrected chi connectivity index (χ0v) is 14.3. The van der Waals surface area contributed by atoms with Gasteiger partial charge in [-0.05, 0) is 19.1 Å². The van der Waals surface area contributed by atoms with Gasteiger partial charge in [-0.25, -0.2) is 13.8 Å². The molecule has 0 saturated carbocycles. The second-order valence-electron chi connectivity index (χ2n) is 4.19. The highest BCUT2D eigenvalue weighted by Crippen LogP contribution is 2.17. The second-order valence-corrected chi connectivity index (χ2v) is 4.19. The molecule has 8 heteroatoms. The number of nitrogens with zero attached hydrogens (tertiary/aromatic N) is 1. The number of nitrogens with two attached hydrogens (primary N) is 1. The number of methoxy groups -OCH3 is 1. The van der Waals surface area contributed by atoms with Crippen molar-refractivity contribution in [2.75, 3.05) is 26.9 Å². The van der Waals surface area contributed by atoms with Crippen molar-refractivity contribution in [3.8, 4) is 5.75 Å². The summed E-state index contributed by atoms with van der Waals surface area (Å²) in [7, 11) is 1.59. The van der Waals surface area contributed by atoms with Gasteiger partial charge in [0.05, 0.1) is 13.2 Å². The number of hydrogen-bond acceptors (Lipinski definition) is 3. The lowest BCUT2D eigenvalue weighted by Gasteiger charge is -2.13. The minimum atomic E-state index is -0.742. The largest absolute Gasteiger partial charge is 0.489 e. The number of benzene rings is 1. The normalized spacial score (nSPS) is 12.5. The molecule has 5 nitrogen and oxygen atoms in total. The summed E-state index contributed by atoms with van der Waals surface area (Å²) in [5.74, 6) is -1.14. The summed E-state index contributed by atoms with van der Waals surface area (Å²) < 4.78 is 36.0. The average molecular weight is 415 g/mol. The Bertz CT molecular complexity index is 461. The molecule has 1 aromatic rings. The number of guanidine groups is 1. The van der Waals surface area contributed by atoms with Crippen LogP contribution in [0.1, 0.15) is 6.92 Å².